The SMILES string of the molecule is FC(F)(F)c1cc(C(S)S)cc(C(F)(F)F)c1. The van der Waals surface area contributed by atoms with Crippen molar-refractivity contribution in [3.63, 3.8) is 0 Å². The molecule has 0 nitrogen and oxygen atoms in total. The lowest BCUT2D eigenvalue weighted by atomic mass is 10.1. The van der Waals surface area contributed by atoms with Crippen LogP contribution in [0.1, 0.15) is 21.3 Å². The molecule has 0 saturated heterocycles. The summed E-state index contributed by atoms with van der Waals surface area (Å²) < 4.78 is 73.3. The van der Waals surface area contributed by atoms with Crippen molar-refractivity contribution in [2.24, 2.45) is 0 Å². The molecular formula is C9H6F6S2. The molecule has 0 atom stereocenters. The van der Waals surface area contributed by atoms with Crippen molar-refractivity contribution in [2.75, 3.05) is 0 Å². The van der Waals surface area contributed by atoms with Crippen LogP contribution in [0.5, 0.6) is 0 Å². The van der Waals surface area contributed by atoms with Crippen molar-refractivity contribution in [2.45, 2.75) is 16.9 Å². The summed E-state index contributed by atoms with van der Waals surface area (Å²) in [6, 6.07) is 1.26. The van der Waals surface area contributed by atoms with Crippen molar-refractivity contribution in [3.05, 3.63) is 34.9 Å². The first-order valence-corrected chi connectivity index (χ1v) is 5.20. The minimum atomic E-state index is -4.84. The van der Waals surface area contributed by atoms with Crippen LogP contribution in [-0.4, -0.2) is 0 Å². The van der Waals surface area contributed by atoms with Crippen LogP contribution in [0.2, 0.25) is 0 Å². The van der Waals surface area contributed by atoms with Gasteiger partial charge in [0.15, 0.2) is 0 Å². The maximum atomic E-state index is 12.4. The smallest absolute Gasteiger partial charge is 0.166 e. The van der Waals surface area contributed by atoms with Crippen LogP contribution in [0.3, 0.4) is 0 Å². The molecule has 0 amide bonds. The summed E-state index contributed by atoms with van der Waals surface area (Å²) in [6.45, 7) is 0. The molecule has 96 valence electrons. The normalized spacial score (nSPS) is 13.2. The molecule has 0 radical (unpaired) electrons. The highest BCUT2D eigenvalue weighted by atomic mass is 32.2. The molecule has 0 unspecified atom stereocenters. The predicted octanol–water partition coefficient (Wildman–Crippen LogP) is 4.58. The lowest BCUT2D eigenvalue weighted by Gasteiger charge is -2.15. The summed E-state index contributed by atoms with van der Waals surface area (Å²) in [5.41, 5.74) is -2.98. The first kappa shape index (κ1) is 14.6. The van der Waals surface area contributed by atoms with Gasteiger partial charge in [-0.05, 0) is 23.8 Å². The first-order valence-electron chi connectivity index (χ1n) is 4.17. The summed E-state index contributed by atoms with van der Waals surface area (Å²) in [5.74, 6) is 0. The summed E-state index contributed by atoms with van der Waals surface area (Å²) in [5, 5.41) is 0. The number of rotatable bonds is 1. The number of benzene rings is 1. The van der Waals surface area contributed by atoms with Crippen molar-refractivity contribution < 1.29 is 26.3 Å². The Labute approximate surface area is 104 Å². The molecule has 0 aromatic heterocycles. The van der Waals surface area contributed by atoms with E-state index in [0.29, 0.717) is 12.1 Å². The van der Waals surface area contributed by atoms with Gasteiger partial charge in [-0.15, -0.1) is 0 Å². The molecule has 0 N–H and O–H groups in total. The van der Waals surface area contributed by atoms with E-state index in [9.17, 15) is 26.3 Å². The monoisotopic (exact) mass is 292 g/mol. The highest BCUT2D eigenvalue weighted by Gasteiger charge is 2.37. The molecular weight excluding hydrogens is 286 g/mol. The van der Waals surface area contributed by atoms with E-state index in [1.807, 2.05) is 0 Å². The zero-order chi connectivity index (χ0) is 13.4. The Bertz CT molecular complexity index is 375. The van der Waals surface area contributed by atoms with Gasteiger partial charge >= 0.3 is 12.4 Å². The molecule has 1 aromatic carbocycles. The molecule has 0 spiro atoms. The van der Waals surface area contributed by atoms with E-state index in [1.165, 1.54) is 0 Å². The average Bonchev–Trinajstić information content (AvgIpc) is 2.14. The molecule has 0 aliphatic heterocycles. The average molecular weight is 292 g/mol. The maximum Gasteiger partial charge on any atom is 0.416 e. The second-order valence-corrected chi connectivity index (χ2v) is 4.65. The minimum absolute atomic E-state index is 0.0629. The van der Waals surface area contributed by atoms with Crippen LogP contribution in [0, 0.1) is 0 Å². The van der Waals surface area contributed by atoms with Gasteiger partial charge in [0.25, 0.3) is 0 Å². The Kier molecular flexibility index (Phi) is 3.97. The van der Waals surface area contributed by atoms with E-state index in [-0.39, 0.29) is 11.6 Å². The second kappa shape index (κ2) is 4.64. The summed E-state index contributed by atoms with van der Waals surface area (Å²) in [4.78, 5) is 0. The number of hydrogen-bond donors (Lipinski definition) is 2. The highest BCUT2D eigenvalue weighted by Crippen LogP contribution is 2.38. The van der Waals surface area contributed by atoms with E-state index in [2.05, 4.69) is 25.3 Å². The fraction of sp³-hybridized carbons (Fsp3) is 0.333. The van der Waals surface area contributed by atoms with Crippen LogP contribution in [-0.2, 0) is 12.4 Å². The summed E-state index contributed by atoms with van der Waals surface area (Å²) in [6.07, 6.45) is -9.68. The van der Waals surface area contributed by atoms with E-state index in [4.69, 9.17) is 0 Å². The summed E-state index contributed by atoms with van der Waals surface area (Å²) >= 11 is 7.41. The zero-order valence-corrected chi connectivity index (χ0v) is 9.76. The molecule has 0 bridgehead atoms. The molecule has 0 heterocycles. The molecule has 0 aliphatic carbocycles. The fourth-order valence-electron chi connectivity index (χ4n) is 1.13. The van der Waals surface area contributed by atoms with Gasteiger partial charge in [-0.1, -0.05) is 0 Å². The van der Waals surface area contributed by atoms with Crippen molar-refractivity contribution in [1.82, 2.24) is 0 Å². The summed E-state index contributed by atoms with van der Waals surface area (Å²) in [7, 11) is 0. The minimum Gasteiger partial charge on any atom is -0.166 e. The van der Waals surface area contributed by atoms with Crippen molar-refractivity contribution in [3.8, 4) is 0 Å². The number of hydrogen-bond acceptors (Lipinski definition) is 2. The lowest BCUT2D eigenvalue weighted by Crippen LogP contribution is -2.11. The largest absolute Gasteiger partial charge is 0.416 e. The molecule has 1 rings (SSSR count). The van der Waals surface area contributed by atoms with Gasteiger partial charge in [0, 0.05) is 0 Å². The van der Waals surface area contributed by atoms with E-state index < -0.39 is 28.1 Å². The Morgan fingerprint density at radius 2 is 1.12 bits per heavy atom. The Morgan fingerprint density at radius 1 is 0.765 bits per heavy atom. The van der Waals surface area contributed by atoms with Gasteiger partial charge in [-0.3, -0.25) is 0 Å². The molecule has 0 fully saturated rings. The van der Waals surface area contributed by atoms with Crippen LogP contribution in [0.25, 0.3) is 0 Å². The molecule has 0 aliphatic rings. The van der Waals surface area contributed by atoms with E-state index in [1.54, 1.807) is 0 Å². The Hall–Kier alpha value is -0.500. The fourth-order valence-corrected chi connectivity index (χ4v) is 1.43. The van der Waals surface area contributed by atoms with Gasteiger partial charge in [0.1, 0.15) is 0 Å². The number of alkyl halides is 6. The Balaban J connectivity index is 3.40. The van der Waals surface area contributed by atoms with Gasteiger partial charge in [0.2, 0.25) is 0 Å². The molecule has 1 aromatic rings. The topological polar surface area (TPSA) is 0 Å². The third-order valence-corrected chi connectivity index (χ3v) is 2.50. The third-order valence-electron chi connectivity index (χ3n) is 1.91. The lowest BCUT2D eigenvalue weighted by molar-refractivity contribution is -0.143. The number of thiol groups is 2. The standard InChI is InChI=1S/C9H6F6S2/c10-8(11,12)5-1-4(7(16)17)2-6(3-5)9(13,14)15/h1-3,7,16-17H. The van der Waals surface area contributed by atoms with Gasteiger partial charge < -0.3 is 0 Å². The molecule has 0 saturated carbocycles. The van der Waals surface area contributed by atoms with Crippen molar-refractivity contribution in [1.29, 1.82) is 0 Å². The van der Waals surface area contributed by atoms with Gasteiger partial charge in [-0.25, -0.2) is 0 Å². The third kappa shape index (κ3) is 3.74. The quantitative estimate of drug-likeness (QED) is 0.422. The van der Waals surface area contributed by atoms with Crippen molar-refractivity contribution >= 4 is 25.3 Å². The van der Waals surface area contributed by atoms with E-state index >= 15 is 0 Å². The van der Waals surface area contributed by atoms with Crippen LogP contribution in [0.15, 0.2) is 18.2 Å². The van der Waals surface area contributed by atoms with Crippen LogP contribution >= 0.6 is 25.3 Å². The van der Waals surface area contributed by atoms with Crippen LogP contribution < -0.4 is 0 Å². The zero-order valence-electron chi connectivity index (χ0n) is 7.97. The molecule has 17 heavy (non-hydrogen) atoms. The maximum absolute atomic E-state index is 12.4. The highest BCUT2D eigenvalue weighted by molar-refractivity contribution is 7.98. The second-order valence-electron chi connectivity index (χ2n) is 3.21. The van der Waals surface area contributed by atoms with Gasteiger partial charge in [-0.2, -0.15) is 51.6 Å². The molecule has 8 heteroatoms. The predicted molar refractivity (Wildman–Crippen MR) is 57.2 cm³/mol. The Morgan fingerprint density at radius 3 is 1.35 bits per heavy atom. The van der Waals surface area contributed by atoms with Gasteiger partial charge in [0.05, 0.1) is 15.7 Å². The van der Waals surface area contributed by atoms with Crippen LogP contribution in [0.4, 0.5) is 26.3 Å². The number of halogens is 6. The first-order chi connectivity index (χ1) is 7.51. The van der Waals surface area contributed by atoms with E-state index in [0.717, 1.165) is 0 Å².